The topological polar surface area (TPSA) is 0 Å². The predicted molar refractivity (Wildman–Crippen MR) is 38.6 cm³/mol. The fourth-order valence-electron chi connectivity index (χ4n) is 0.489. The third-order valence-electron chi connectivity index (χ3n) is 1.36. The maximum Gasteiger partial charge on any atom is -0.0379 e. The van der Waals surface area contributed by atoms with Crippen LogP contribution in [0.25, 0.3) is 0 Å². The highest BCUT2D eigenvalue weighted by Gasteiger charge is 1.92. The minimum absolute atomic E-state index is 0.928. The third-order valence-corrected chi connectivity index (χ3v) is 1.69. The van der Waals surface area contributed by atoms with E-state index in [-0.39, 0.29) is 0 Å². The quantitative estimate of drug-likeness (QED) is 0.499. The fraction of sp³-hybridized carbons (Fsp3) is 1.00. The maximum absolute atomic E-state index is 2.75. The number of hydrogen-bond acceptors (Lipinski definition) is 0. The van der Waals surface area contributed by atoms with Gasteiger partial charge in [-0.3, -0.25) is 0 Å². The molecule has 0 aliphatic carbocycles. The van der Waals surface area contributed by atoms with Gasteiger partial charge in [0.2, 0.25) is 0 Å². The molecule has 0 amide bonds. The Balaban J connectivity index is 2.83. The summed E-state index contributed by atoms with van der Waals surface area (Å²) in [6, 6.07) is 0. The van der Waals surface area contributed by atoms with Gasteiger partial charge in [0.15, 0.2) is 0 Å². The Morgan fingerprint density at radius 2 is 2.14 bits per heavy atom. The van der Waals surface area contributed by atoms with Crippen molar-refractivity contribution in [2.75, 3.05) is 6.16 Å². The van der Waals surface area contributed by atoms with E-state index in [9.17, 15) is 0 Å². The van der Waals surface area contributed by atoms with Crippen LogP contribution in [0.4, 0.5) is 0 Å². The zero-order valence-corrected chi connectivity index (χ0v) is 6.43. The Hall–Kier alpha value is 0.430. The summed E-state index contributed by atoms with van der Waals surface area (Å²) in [5.41, 5.74) is 0. The van der Waals surface area contributed by atoms with Gasteiger partial charge < -0.3 is 0 Å². The van der Waals surface area contributed by atoms with Crippen LogP contribution in [0.1, 0.15) is 26.7 Å². The van der Waals surface area contributed by atoms with Gasteiger partial charge in [0.25, 0.3) is 0 Å². The maximum atomic E-state index is 2.75. The van der Waals surface area contributed by atoms with Crippen molar-refractivity contribution in [3.05, 3.63) is 0 Å². The van der Waals surface area contributed by atoms with Gasteiger partial charge in [-0.25, -0.2) is 0 Å². The van der Waals surface area contributed by atoms with Crippen LogP contribution in [0.5, 0.6) is 0 Å². The molecule has 0 rings (SSSR count). The van der Waals surface area contributed by atoms with E-state index in [1.807, 2.05) is 0 Å². The highest BCUT2D eigenvalue weighted by molar-refractivity contribution is 7.16. The molecule has 0 aliphatic heterocycles. The standard InChI is InChI=1S/C6H15P/c1-3-6(2)4-5-7/h6H,3-5,7H2,1-2H3/t6-/m0/s1. The van der Waals surface area contributed by atoms with Crippen molar-refractivity contribution >= 4 is 9.24 Å². The molecule has 0 aliphatic rings. The largest absolute Gasteiger partial charge is 0.138 e. The van der Waals surface area contributed by atoms with E-state index in [0.717, 1.165) is 5.92 Å². The molecule has 44 valence electrons. The minimum atomic E-state index is 0.928. The van der Waals surface area contributed by atoms with Crippen LogP contribution in [0.15, 0.2) is 0 Å². The number of hydrogen-bond donors (Lipinski definition) is 0. The van der Waals surface area contributed by atoms with E-state index in [1.54, 1.807) is 0 Å². The summed E-state index contributed by atoms with van der Waals surface area (Å²) < 4.78 is 0. The molecule has 0 aromatic rings. The van der Waals surface area contributed by atoms with E-state index in [1.165, 1.54) is 19.0 Å². The Morgan fingerprint density at radius 1 is 1.57 bits per heavy atom. The SMILES string of the molecule is CC[C@H](C)CCP. The summed E-state index contributed by atoms with van der Waals surface area (Å²) in [6.07, 6.45) is 3.95. The van der Waals surface area contributed by atoms with Gasteiger partial charge in [-0.1, -0.05) is 20.3 Å². The van der Waals surface area contributed by atoms with Crippen molar-refractivity contribution in [1.29, 1.82) is 0 Å². The van der Waals surface area contributed by atoms with Crippen molar-refractivity contribution in [2.24, 2.45) is 5.92 Å². The van der Waals surface area contributed by atoms with E-state index in [0.29, 0.717) is 0 Å². The van der Waals surface area contributed by atoms with Crippen LogP contribution < -0.4 is 0 Å². The zero-order chi connectivity index (χ0) is 5.70. The third kappa shape index (κ3) is 4.28. The van der Waals surface area contributed by atoms with Crippen molar-refractivity contribution in [3.8, 4) is 0 Å². The first-order valence-electron chi connectivity index (χ1n) is 3.01. The Labute approximate surface area is 48.9 Å². The van der Waals surface area contributed by atoms with Crippen molar-refractivity contribution in [1.82, 2.24) is 0 Å². The molecule has 0 spiro atoms. The second kappa shape index (κ2) is 4.59. The highest BCUT2D eigenvalue weighted by Crippen LogP contribution is 2.06. The summed E-state index contributed by atoms with van der Waals surface area (Å²) in [5, 5.41) is 0. The van der Waals surface area contributed by atoms with E-state index < -0.39 is 0 Å². The Kier molecular flexibility index (Phi) is 4.87. The van der Waals surface area contributed by atoms with Crippen LogP contribution in [0.2, 0.25) is 0 Å². The predicted octanol–water partition coefficient (Wildman–Crippen LogP) is 2.30. The molecule has 0 fully saturated rings. The Bertz CT molecular complexity index is 35.2. The van der Waals surface area contributed by atoms with Crippen molar-refractivity contribution < 1.29 is 0 Å². The van der Waals surface area contributed by atoms with Gasteiger partial charge >= 0.3 is 0 Å². The molecule has 0 aromatic carbocycles. The summed E-state index contributed by atoms with van der Waals surface area (Å²) in [4.78, 5) is 0. The van der Waals surface area contributed by atoms with Gasteiger partial charge in [-0.05, 0) is 18.5 Å². The molecule has 0 bridgehead atoms. The molecule has 0 saturated carbocycles. The zero-order valence-electron chi connectivity index (χ0n) is 5.28. The molecule has 0 heterocycles. The summed E-state index contributed by atoms with van der Waals surface area (Å²) in [7, 11) is 2.75. The van der Waals surface area contributed by atoms with Crippen LogP contribution in [-0.4, -0.2) is 6.16 Å². The molecule has 0 N–H and O–H groups in total. The molecule has 1 heteroatoms. The number of rotatable bonds is 3. The van der Waals surface area contributed by atoms with Crippen LogP contribution >= 0.6 is 9.24 Å². The molecule has 0 aromatic heterocycles. The average Bonchev–Trinajstić information content (AvgIpc) is 1.68. The first-order valence-corrected chi connectivity index (χ1v) is 3.83. The molecule has 0 saturated heterocycles. The average molecular weight is 118 g/mol. The molecule has 1 unspecified atom stereocenters. The fourth-order valence-corrected chi connectivity index (χ4v) is 1.06. The summed E-state index contributed by atoms with van der Waals surface area (Å²) in [6.45, 7) is 4.54. The summed E-state index contributed by atoms with van der Waals surface area (Å²) in [5.74, 6) is 0.928. The molecule has 0 radical (unpaired) electrons. The van der Waals surface area contributed by atoms with E-state index in [2.05, 4.69) is 23.1 Å². The lowest BCUT2D eigenvalue weighted by Gasteiger charge is -2.02. The minimum Gasteiger partial charge on any atom is -0.138 e. The van der Waals surface area contributed by atoms with Crippen LogP contribution in [0, 0.1) is 5.92 Å². The normalized spacial score (nSPS) is 14.1. The molecular formula is C6H15P. The smallest absolute Gasteiger partial charge is 0.0379 e. The lowest BCUT2D eigenvalue weighted by Crippen LogP contribution is -1.90. The van der Waals surface area contributed by atoms with Crippen LogP contribution in [0.3, 0.4) is 0 Å². The second-order valence-corrected chi connectivity index (χ2v) is 2.67. The molecule has 2 atom stereocenters. The lowest BCUT2D eigenvalue weighted by molar-refractivity contribution is 0.549. The van der Waals surface area contributed by atoms with Crippen molar-refractivity contribution in [2.45, 2.75) is 26.7 Å². The lowest BCUT2D eigenvalue weighted by atomic mass is 10.1. The van der Waals surface area contributed by atoms with Gasteiger partial charge in [0.1, 0.15) is 0 Å². The second-order valence-electron chi connectivity index (χ2n) is 2.09. The van der Waals surface area contributed by atoms with Gasteiger partial charge in [-0.15, -0.1) is 9.24 Å². The van der Waals surface area contributed by atoms with E-state index >= 15 is 0 Å². The first-order chi connectivity index (χ1) is 3.31. The molecular weight excluding hydrogens is 103 g/mol. The van der Waals surface area contributed by atoms with Gasteiger partial charge in [0, 0.05) is 0 Å². The molecule has 7 heavy (non-hydrogen) atoms. The van der Waals surface area contributed by atoms with Gasteiger partial charge in [0.05, 0.1) is 0 Å². The molecule has 0 nitrogen and oxygen atoms in total. The van der Waals surface area contributed by atoms with Crippen molar-refractivity contribution in [3.63, 3.8) is 0 Å². The first kappa shape index (κ1) is 7.43. The highest BCUT2D eigenvalue weighted by atomic mass is 31.0. The monoisotopic (exact) mass is 118 g/mol. The van der Waals surface area contributed by atoms with Gasteiger partial charge in [-0.2, -0.15) is 0 Å². The van der Waals surface area contributed by atoms with Crippen LogP contribution in [-0.2, 0) is 0 Å². The summed E-state index contributed by atoms with van der Waals surface area (Å²) >= 11 is 0. The Morgan fingerprint density at radius 3 is 2.29 bits per heavy atom. The van der Waals surface area contributed by atoms with E-state index in [4.69, 9.17) is 0 Å².